The van der Waals surface area contributed by atoms with Crippen LogP contribution in [-0.4, -0.2) is 72.0 Å². The number of hydrogen-bond donors (Lipinski definition) is 2. The van der Waals surface area contributed by atoms with Crippen LogP contribution in [0.3, 0.4) is 0 Å². The van der Waals surface area contributed by atoms with Crippen molar-refractivity contribution in [3.8, 4) is 0 Å². The first-order chi connectivity index (χ1) is 15.5. The summed E-state index contributed by atoms with van der Waals surface area (Å²) in [4.78, 5) is 36.8. The van der Waals surface area contributed by atoms with Crippen LogP contribution in [0.2, 0.25) is 0 Å². The lowest BCUT2D eigenvalue weighted by Gasteiger charge is -2.31. The van der Waals surface area contributed by atoms with Crippen LogP contribution in [-0.2, 0) is 14.4 Å². The van der Waals surface area contributed by atoms with E-state index in [-0.39, 0.29) is 30.0 Å². The number of carboxylic acid groups (broad SMARTS) is 1. The van der Waals surface area contributed by atoms with Crippen molar-refractivity contribution in [2.75, 3.05) is 26.7 Å². The highest BCUT2D eigenvalue weighted by molar-refractivity contribution is 5.86. The molecule has 1 saturated heterocycles. The van der Waals surface area contributed by atoms with Gasteiger partial charge in [0.1, 0.15) is 0 Å². The number of likely N-dealkylation sites (tertiary alicyclic amines) is 1. The summed E-state index contributed by atoms with van der Waals surface area (Å²) in [5.74, 6) is -0.368. The predicted octanol–water partition coefficient (Wildman–Crippen LogP) is 4.32. The molecule has 0 bridgehead atoms. The average molecular weight is 468 g/mol. The third-order valence-corrected chi connectivity index (χ3v) is 5.85. The molecule has 0 radical (unpaired) electrons. The SMILES string of the molecule is C/C(=C\[C@H](C(C)C)N(C)C(=O)CNC=O)C(=O)O.C1CCN(C2CCCC2)CC1.CC(C)C. The first kappa shape index (κ1) is 31.1. The summed E-state index contributed by atoms with van der Waals surface area (Å²) in [6.45, 7) is 14.5. The summed E-state index contributed by atoms with van der Waals surface area (Å²) in [6.07, 6.45) is 12.3. The molecule has 0 unspecified atom stereocenters. The molecule has 2 rings (SSSR count). The molecule has 0 aromatic carbocycles. The second-order valence-electron chi connectivity index (χ2n) is 10.2. The molecule has 192 valence electrons. The molecule has 1 saturated carbocycles. The van der Waals surface area contributed by atoms with Crippen molar-refractivity contribution in [1.29, 1.82) is 0 Å². The molecule has 0 aromatic heterocycles. The van der Waals surface area contributed by atoms with Crippen LogP contribution in [0.4, 0.5) is 0 Å². The molecule has 2 amide bonds. The number of amides is 2. The molecule has 1 aliphatic carbocycles. The van der Waals surface area contributed by atoms with Crippen molar-refractivity contribution in [2.45, 2.75) is 98.6 Å². The fraction of sp³-hybridized carbons (Fsp3) is 0.808. The number of hydrogen-bond acceptors (Lipinski definition) is 4. The van der Waals surface area contributed by atoms with Gasteiger partial charge in [-0.05, 0) is 57.5 Å². The monoisotopic (exact) mass is 467 g/mol. The lowest BCUT2D eigenvalue weighted by molar-refractivity contribution is -0.133. The van der Waals surface area contributed by atoms with Crippen LogP contribution >= 0.6 is 0 Å². The summed E-state index contributed by atoms with van der Waals surface area (Å²) in [7, 11) is 1.59. The van der Waals surface area contributed by atoms with Gasteiger partial charge in [0.15, 0.2) is 0 Å². The third kappa shape index (κ3) is 14.1. The van der Waals surface area contributed by atoms with E-state index in [2.05, 4.69) is 31.0 Å². The highest BCUT2D eigenvalue weighted by Gasteiger charge is 2.23. The topological polar surface area (TPSA) is 90.0 Å². The van der Waals surface area contributed by atoms with E-state index in [4.69, 9.17) is 5.11 Å². The van der Waals surface area contributed by atoms with Crippen molar-refractivity contribution >= 4 is 18.3 Å². The number of carbonyl (C=O) groups excluding carboxylic acids is 2. The molecule has 0 spiro atoms. The van der Waals surface area contributed by atoms with E-state index in [9.17, 15) is 14.4 Å². The van der Waals surface area contributed by atoms with Gasteiger partial charge in [-0.3, -0.25) is 9.59 Å². The van der Waals surface area contributed by atoms with Gasteiger partial charge in [-0.1, -0.05) is 60.0 Å². The van der Waals surface area contributed by atoms with Gasteiger partial charge in [0.2, 0.25) is 12.3 Å². The Morgan fingerprint density at radius 3 is 1.97 bits per heavy atom. The molecular formula is C26H49N3O4. The number of carboxylic acids is 1. The third-order valence-electron chi connectivity index (χ3n) is 5.85. The second-order valence-corrected chi connectivity index (χ2v) is 10.2. The molecule has 1 atom stereocenters. The summed E-state index contributed by atoms with van der Waals surface area (Å²) >= 11 is 0. The van der Waals surface area contributed by atoms with Crippen LogP contribution in [0.1, 0.15) is 86.5 Å². The van der Waals surface area contributed by atoms with Gasteiger partial charge in [-0.15, -0.1) is 0 Å². The Morgan fingerprint density at radius 1 is 1.03 bits per heavy atom. The fourth-order valence-electron chi connectivity index (χ4n) is 4.05. The van der Waals surface area contributed by atoms with Gasteiger partial charge >= 0.3 is 5.97 Å². The highest BCUT2D eigenvalue weighted by atomic mass is 16.4. The Morgan fingerprint density at radius 2 is 1.55 bits per heavy atom. The number of rotatable bonds is 8. The van der Waals surface area contributed by atoms with E-state index in [1.807, 2.05) is 13.8 Å². The minimum atomic E-state index is -1.01. The highest BCUT2D eigenvalue weighted by Crippen LogP contribution is 2.25. The van der Waals surface area contributed by atoms with Crippen molar-refractivity contribution < 1.29 is 19.5 Å². The number of nitrogens with one attached hydrogen (secondary N) is 1. The minimum absolute atomic E-state index is 0.0736. The normalized spacial score (nSPS) is 18.0. The first-order valence-electron chi connectivity index (χ1n) is 12.6. The van der Waals surface area contributed by atoms with Gasteiger partial charge in [-0.25, -0.2) is 4.79 Å². The molecule has 2 N–H and O–H groups in total. The Bertz CT molecular complexity index is 590. The van der Waals surface area contributed by atoms with Crippen molar-refractivity contribution in [3.05, 3.63) is 11.6 Å². The minimum Gasteiger partial charge on any atom is -0.478 e. The van der Waals surface area contributed by atoms with E-state index >= 15 is 0 Å². The van der Waals surface area contributed by atoms with Crippen molar-refractivity contribution in [1.82, 2.24) is 15.1 Å². The molecule has 2 fully saturated rings. The van der Waals surface area contributed by atoms with Gasteiger partial charge in [0, 0.05) is 18.7 Å². The van der Waals surface area contributed by atoms with E-state index in [1.165, 1.54) is 69.9 Å². The van der Waals surface area contributed by atoms with E-state index in [0.717, 1.165) is 12.0 Å². The first-order valence-corrected chi connectivity index (χ1v) is 12.6. The summed E-state index contributed by atoms with van der Waals surface area (Å²) < 4.78 is 0. The molecule has 7 heteroatoms. The predicted molar refractivity (Wildman–Crippen MR) is 135 cm³/mol. The zero-order chi connectivity index (χ0) is 25.4. The maximum Gasteiger partial charge on any atom is 0.331 e. The van der Waals surface area contributed by atoms with E-state index in [1.54, 1.807) is 13.1 Å². The number of nitrogens with zero attached hydrogens (tertiary/aromatic N) is 2. The molecule has 7 nitrogen and oxygen atoms in total. The smallest absolute Gasteiger partial charge is 0.331 e. The number of piperidine rings is 1. The van der Waals surface area contributed by atoms with Gasteiger partial charge < -0.3 is 20.2 Å². The number of likely N-dealkylation sites (N-methyl/N-ethyl adjacent to an activating group) is 1. The average Bonchev–Trinajstić information content (AvgIpc) is 3.30. The molecule has 33 heavy (non-hydrogen) atoms. The lowest BCUT2D eigenvalue weighted by Crippen LogP contribution is -2.43. The number of carbonyl (C=O) groups is 3. The molecule has 1 heterocycles. The number of aliphatic carboxylic acids is 1. The largest absolute Gasteiger partial charge is 0.478 e. The molecule has 1 aliphatic heterocycles. The molecule has 2 aliphatic rings. The Hall–Kier alpha value is -1.89. The van der Waals surface area contributed by atoms with Gasteiger partial charge in [0.25, 0.3) is 0 Å². The van der Waals surface area contributed by atoms with Crippen LogP contribution in [0.15, 0.2) is 11.6 Å². The Labute approximate surface area is 202 Å². The Balaban J connectivity index is 0.000000570. The summed E-state index contributed by atoms with van der Waals surface area (Å²) in [6, 6.07) is 0.664. The standard InChI is InChI=1S/C12H20N2O4.C10H19N.C4H10/c1-8(2)10(5-9(3)12(17)18)14(4)11(16)6-13-7-15;1-4-8-11(9-5-1)10-6-2-3-7-10;1-4(2)3/h5,7-8,10H,6H2,1-4H3,(H,13,15)(H,17,18);10H,1-9H2;4H,1-3H3/b9-5+;;/t10-;;/m1../s1. The fourth-order valence-corrected chi connectivity index (χ4v) is 4.05. The van der Waals surface area contributed by atoms with Crippen LogP contribution < -0.4 is 5.32 Å². The van der Waals surface area contributed by atoms with E-state index < -0.39 is 5.97 Å². The van der Waals surface area contributed by atoms with Gasteiger partial charge in [0.05, 0.1) is 12.6 Å². The van der Waals surface area contributed by atoms with Gasteiger partial charge in [-0.2, -0.15) is 0 Å². The lowest BCUT2D eigenvalue weighted by atomic mass is 10.00. The maximum absolute atomic E-state index is 11.7. The van der Waals surface area contributed by atoms with Crippen molar-refractivity contribution in [3.63, 3.8) is 0 Å². The van der Waals surface area contributed by atoms with Crippen LogP contribution in [0, 0.1) is 11.8 Å². The zero-order valence-electron chi connectivity index (χ0n) is 22.1. The van der Waals surface area contributed by atoms with Crippen LogP contribution in [0.5, 0.6) is 0 Å². The van der Waals surface area contributed by atoms with Crippen molar-refractivity contribution in [2.24, 2.45) is 11.8 Å². The molecular weight excluding hydrogens is 418 g/mol. The summed E-state index contributed by atoms with van der Waals surface area (Å²) in [5.41, 5.74) is 0.191. The maximum atomic E-state index is 11.7. The van der Waals surface area contributed by atoms with Crippen LogP contribution in [0.25, 0.3) is 0 Å². The molecule has 0 aromatic rings. The zero-order valence-corrected chi connectivity index (χ0v) is 22.1. The second kappa shape index (κ2) is 17.6. The Kier molecular flexibility index (Phi) is 16.6. The van der Waals surface area contributed by atoms with E-state index in [0.29, 0.717) is 6.41 Å². The summed E-state index contributed by atoms with van der Waals surface area (Å²) in [5, 5.41) is 11.1. The quantitative estimate of drug-likeness (QED) is 0.410.